The van der Waals surface area contributed by atoms with Gasteiger partial charge in [0.2, 0.25) is 21.8 Å². The lowest BCUT2D eigenvalue weighted by Crippen LogP contribution is -2.52. The number of benzene rings is 2. The van der Waals surface area contributed by atoms with E-state index in [0.717, 1.165) is 47.4 Å². The molecule has 1 unspecified atom stereocenters. The molecule has 0 saturated heterocycles. The van der Waals surface area contributed by atoms with Crippen molar-refractivity contribution in [3.63, 3.8) is 0 Å². The molecule has 7 nitrogen and oxygen atoms in total. The Labute approximate surface area is 223 Å². The second kappa shape index (κ2) is 11.8. The highest BCUT2D eigenvalue weighted by atomic mass is 35.5. The van der Waals surface area contributed by atoms with Gasteiger partial charge in [0.25, 0.3) is 0 Å². The van der Waals surface area contributed by atoms with Crippen molar-refractivity contribution in [2.75, 3.05) is 17.1 Å². The maximum absolute atomic E-state index is 13.7. The van der Waals surface area contributed by atoms with Crippen LogP contribution in [-0.2, 0) is 26.2 Å². The van der Waals surface area contributed by atoms with Gasteiger partial charge in [0, 0.05) is 28.2 Å². The largest absolute Gasteiger partial charge is 0.352 e. The molecule has 1 aliphatic rings. The van der Waals surface area contributed by atoms with Gasteiger partial charge in [-0.2, -0.15) is 0 Å². The summed E-state index contributed by atoms with van der Waals surface area (Å²) < 4.78 is 26.7. The Bertz CT molecular complexity index is 1210. The smallest absolute Gasteiger partial charge is 0.244 e. The Hall–Kier alpha value is -2.29. The van der Waals surface area contributed by atoms with Gasteiger partial charge in [-0.1, -0.05) is 54.2 Å². The van der Waals surface area contributed by atoms with Crippen molar-refractivity contribution in [3.8, 4) is 0 Å². The van der Waals surface area contributed by atoms with Crippen LogP contribution in [0, 0.1) is 13.8 Å². The molecule has 2 amide bonds. The van der Waals surface area contributed by atoms with Crippen LogP contribution in [0.15, 0.2) is 36.4 Å². The van der Waals surface area contributed by atoms with Gasteiger partial charge < -0.3 is 10.2 Å². The molecule has 1 fully saturated rings. The number of nitrogens with zero attached hydrogens (tertiary/aromatic N) is 2. The Kier molecular flexibility index (Phi) is 9.30. The predicted molar refractivity (Wildman–Crippen MR) is 145 cm³/mol. The molecule has 1 N–H and O–H groups in total. The third-order valence-electron chi connectivity index (χ3n) is 6.78. The van der Waals surface area contributed by atoms with E-state index in [4.69, 9.17) is 23.2 Å². The van der Waals surface area contributed by atoms with Crippen molar-refractivity contribution in [1.82, 2.24) is 10.2 Å². The van der Waals surface area contributed by atoms with Crippen molar-refractivity contribution < 1.29 is 18.0 Å². The van der Waals surface area contributed by atoms with Crippen molar-refractivity contribution >= 4 is 50.7 Å². The first-order valence-electron chi connectivity index (χ1n) is 12.0. The van der Waals surface area contributed by atoms with Crippen molar-refractivity contribution in [2.45, 2.75) is 65.1 Å². The quantitative estimate of drug-likeness (QED) is 0.480. The minimum atomic E-state index is -3.81. The van der Waals surface area contributed by atoms with E-state index >= 15 is 0 Å². The third-order valence-corrected chi connectivity index (χ3v) is 8.62. The fourth-order valence-electron chi connectivity index (χ4n) is 4.43. The molecule has 1 aliphatic carbocycles. The number of hydrogen-bond acceptors (Lipinski definition) is 4. The summed E-state index contributed by atoms with van der Waals surface area (Å²) in [5.74, 6) is -0.831. The highest BCUT2D eigenvalue weighted by Gasteiger charge is 2.32. The van der Waals surface area contributed by atoms with E-state index in [1.807, 2.05) is 19.9 Å². The fraction of sp³-hybridized carbons (Fsp3) is 0.462. The lowest BCUT2D eigenvalue weighted by molar-refractivity contribution is -0.139. The third kappa shape index (κ3) is 6.72. The standard InChI is InChI=1S/C26H33Cl2N3O4S/c1-17-9-7-14-24(18(17)2)31(36(4,34)35)16-25(32)30(15-21-22(27)12-8-13-23(21)28)19(3)26(33)29-20-10-5-6-11-20/h7-9,12-14,19-20H,5-6,10-11,15-16H2,1-4H3,(H,29,33). The summed E-state index contributed by atoms with van der Waals surface area (Å²) in [6.45, 7) is 4.82. The molecule has 2 aromatic rings. The van der Waals surface area contributed by atoms with E-state index < -0.39 is 28.5 Å². The molecule has 0 aliphatic heterocycles. The van der Waals surface area contributed by atoms with E-state index in [1.165, 1.54) is 4.90 Å². The fourth-order valence-corrected chi connectivity index (χ4v) is 5.85. The molecule has 0 radical (unpaired) electrons. The summed E-state index contributed by atoms with van der Waals surface area (Å²) >= 11 is 12.8. The van der Waals surface area contributed by atoms with E-state index in [-0.39, 0.29) is 18.5 Å². The number of sulfonamides is 1. The van der Waals surface area contributed by atoms with E-state index in [0.29, 0.717) is 21.3 Å². The molecular formula is C26H33Cl2N3O4S. The lowest BCUT2D eigenvalue weighted by atomic mass is 10.1. The molecular weight excluding hydrogens is 521 g/mol. The van der Waals surface area contributed by atoms with Crippen molar-refractivity contribution in [3.05, 3.63) is 63.1 Å². The van der Waals surface area contributed by atoms with Crippen LogP contribution in [-0.4, -0.2) is 50.0 Å². The summed E-state index contributed by atoms with van der Waals surface area (Å²) in [4.78, 5) is 28.2. The number of rotatable bonds is 9. The molecule has 10 heteroatoms. The zero-order valence-corrected chi connectivity index (χ0v) is 23.4. The van der Waals surface area contributed by atoms with Gasteiger partial charge in [-0.25, -0.2) is 8.42 Å². The van der Waals surface area contributed by atoms with Crippen LogP contribution in [0.25, 0.3) is 0 Å². The van der Waals surface area contributed by atoms with E-state index in [9.17, 15) is 18.0 Å². The zero-order chi connectivity index (χ0) is 26.6. The second-order valence-electron chi connectivity index (χ2n) is 9.38. The Morgan fingerprint density at radius 3 is 2.22 bits per heavy atom. The molecule has 36 heavy (non-hydrogen) atoms. The van der Waals surface area contributed by atoms with Crippen LogP contribution in [0.2, 0.25) is 10.0 Å². The second-order valence-corrected chi connectivity index (χ2v) is 12.1. The van der Waals surface area contributed by atoms with Crippen LogP contribution in [0.4, 0.5) is 5.69 Å². The first kappa shape index (κ1) is 28.3. The number of anilines is 1. The molecule has 0 bridgehead atoms. The van der Waals surface area contributed by atoms with Gasteiger partial charge in [-0.05, 0) is 62.9 Å². The average molecular weight is 555 g/mol. The highest BCUT2D eigenvalue weighted by Crippen LogP contribution is 2.28. The van der Waals surface area contributed by atoms with Gasteiger partial charge in [-0.15, -0.1) is 0 Å². The molecule has 0 aromatic heterocycles. The number of nitrogens with one attached hydrogen (secondary N) is 1. The molecule has 3 rings (SSSR count). The van der Waals surface area contributed by atoms with Crippen LogP contribution < -0.4 is 9.62 Å². The molecule has 196 valence electrons. The number of amides is 2. The van der Waals surface area contributed by atoms with E-state index in [1.54, 1.807) is 37.3 Å². The number of carbonyl (C=O) groups excluding carboxylic acids is 2. The molecule has 0 heterocycles. The van der Waals surface area contributed by atoms with Gasteiger partial charge in [0.15, 0.2) is 0 Å². The maximum atomic E-state index is 13.7. The first-order chi connectivity index (χ1) is 16.9. The molecule has 0 spiro atoms. The lowest BCUT2D eigenvalue weighted by Gasteiger charge is -2.33. The summed E-state index contributed by atoms with van der Waals surface area (Å²) in [7, 11) is -3.81. The number of hydrogen-bond donors (Lipinski definition) is 1. The Morgan fingerprint density at radius 1 is 1.06 bits per heavy atom. The minimum absolute atomic E-state index is 0.0407. The Balaban J connectivity index is 1.96. The number of halogens is 2. The van der Waals surface area contributed by atoms with Gasteiger partial charge in [0.05, 0.1) is 11.9 Å². The minimum Gasteiger partial charge on any atom is -0.352 e. The topological polar surface area (TPSA) is 86.8 Å². The van der Waals surface area contributed by atoms with Crippen molar-refractivity contribution in [2.24, 2.45) is 0 Å². The normalized spacial score (nSPS) is 14.9. The molecule has 2 aromatic carbocycles. The molecule has 1 saturated carbocycles. The maximum Gasteiger partial charge on any atom is 0.244 e. The van der Waals surface area contributed by atoms with Crippen LogP contribution >= 0.6 is 23.2 Å². The van der Waals surface area contributed by atoms with Crippen molar-refractivity contribution in [1.29, 1.82) is 0 Å². The summed E-state index contributed by atoms with van der Waals surface area (Å²) in [6.07, 6.45) is 4.97. The monoisotopic (exact) mass is 553 g/mol. The summed E-state index contributed by atoms with van der Waals surface area (Å²) in [5.41, 5.74) is 2.57. The predicted octanol–water partition coefficient (Wildman–Crippen LogP) is 4.85. The zero-order valence-electron chi connectivity index (χ0n) is 21.1. The summed E-state index contributed by atoms with van der Waals surface area (Å²) in [6, 6.07) is 9.52. The van der Waals surface area contributed by atoms with Crippen LogP contribution in [0.5, 0.6) is 0 Å². The van der Waals surface area contributed by atoms with Gasteiger partial charge in [-0.3, -0.25) is 13.9 Å². The van der Waals surface area contributed by atoms with Gasteiger partial charge in [0.1, 0.15) is 12.6 Å². The number of carbonyl (C=O) groups is 2. The van der Waals surface area contributed by atoms with E-state index in [2.05, 4.69) is 5.32 Å². The highest BCUT2D eigenvalue weighted by molar-refractivity contribution is 7.92. The molecule has 1 atom stereocenters. The SMILES string of the molecule is Cc1cccc(N(CC(=O)N(Cc2c(Cl)cccc2Cl)C(C)C(=O)NC2CCCC2)S(C)(=O)=O)c1C. The van der Waals surface area contributed by atoms with Crippen LogP contribution in [0.3, 0.4) is 0 Å². The number of aryl methyl sites for hydroxylation is 1. The van der Waals surface area contributed by atoms with Gasteiger partial charge >= 0.3 is 0 Å². The summed E-state index contributed by atoms with van der Waals surface area (Å²) in [5, 5.41) is 3.75. The van der Waals surface area contributed by atoms with Crippen LogP contribution in [0.1, 0.15) is 49.3 Å². The first-order valence-corrected chi connectivity index (χ1v) is 14.6. The Morgan fingerprint density at radius 2 is 1.64 bits per heavy atom. The average Bonchev–Trinajstić information content (AvgIpc) is 3.31.